The second kappa shape index (κ2) is 5.40. The summed E-state index contributed by atoms with van der Waals surface area (Å²) >= 11 is 3.28. The number of hydrogen-bond donors (Lipinski definition) is 2. The lowest BCUT2D eigenvalue weighted by Crippen LogP contribution is -2.28. The van der Waals surface area contributed by atoms with Crippen LogP contribution >= 0.6 is 22.7 Å². The maximum absolute atomic E-state index is 5.56. The van der Waals surface area contributed by atoms with Gasteiger partial charge >= 0.3 is 0 Å². The number of nitrogens with one attached hydrogen (secondary N) is 1. The highest BCUT2D eigenvalue weighted by atomic mass is 32.1. The van der Waals surface area contributed by atoms with Crippen molar-refractivity contribution in [1.29, 1.82) is 0 Å². The third kappa shape index (κ3) is 2.59. The third-order valence-electron chi connectivity index (χ3n) is 2.24. The van der Waals surface area contributed by atoms with Crippen molar-refractivity contribution in [3.8, 4) is 5.75 Å². The van der Waals surface area contributed by atoms with E-state index in [1.165, 1.54) is 0 Å². The summed E-state index contributed by atoms with van der Waals surface area (Å²) < 4.78 is 5.15. The van der Waals surface area contributed by atoms with Crippen LogP contribution < -0.4 is 16.0 Å². The molecule has 0 radical (unpaired) electrons. The summed E-state index contributed by atoms with van der Waals surface area (Å²) in [7, 11) is 1.66. The van der Waals surface area contributed by atoms with Crippen LogP contribution in [0.15, 0.2) is 23.0 Å². The van der Waals surface area contributed by atoms with E-state index in [1.54, 1.807) is 29.8 Å². The smallest absolute Gasteiger partial charge is 0.129 e. The first kappa shape index (κ1) is 11.5. The van der Waals surface area contributed by atoms with E-state index in [0.29, 0.717) is 0 Å². The minimum atomic E-state index is 0.0973. The molecule has 0 fully saturated rings. The number of hydrazine groups is 1. The van der Waals surface area contributed by atoms with Crippen molar-refractivity contribution >= 4 is 22.7 Å². The van der Waals surface area contributed by atoms with Gasteiger partial charge in [-0.25, -0.2) is 4.98 Å². The predicted molar refractivity (Wildman–Crippen MR) is 66.8 cm³/mol. The Morgan fingerprint density at radius 1 is 1.56 bits per heavy atom. The van der Waals surface area contributed by atoms with Gasteiger partial charge in [0, 0.05) is 28.3 Å². The molecule has 0 saturated heterocycles. The lowest BCUT2D eigenvalue weighted by atomic mass is 10.2. The maximum atomic E-state index is 5.56. The van der Waals surface area contributed by atoms with Crippen LogP contribution in [0.5, 0.6) is 5.75 Å². The van der Waals surface area contributed by atoms with E-state index >= 15 is 0 Å². The molecule has 6 heteroatoms. The molecule has 1 unspecified atom stereocenters. The molecule has 0 aliphatic rings. The summed E-state index contributed by atoms with van der Waals surface area (Å²) in [6, 6.07) is 2.10. The van der Waals surface area contributed by atoms with Gasteiger partial charge in [-0.2, -0.15) is 0 Å². The molecule has 16 heavy (non-hydrogen) atoms. The SMILES string of the molecule is COc1csc(C(Cc2nccs2)NN)c1. The quantitative estimate of drug-likeness (QED) is 0.633. The second-order valence-electron chi connectivity index (χ2n) is 3.24. The highest BCUT2D eigenvalue weighted by Gasteiger charge is 2.14. The Morgan fingerprint density at radius 2 is 2.44 bits per heavy atom. The largest absolute Gasteiger partial charge is 0.496 e. The van der Waals surface area contributed by atoms with Crippen molar-refractivity contribution in [3.05, 3.63) is 32.9 Å². The van der Waals surface area contributed by atoms with Gasteiger partial charge in [0.15, 0.2) is 0 Å². The van der Waals surface area contributed by atoms with Crippen molar-refractivity contribution in [2.75, 3.05) is 7.11 Å². The summed E-state index contributed by atoms with van der Waals surface area (Å²) in [5, 5.41) is 5.02. The van der Waals surface area contributed by atoms with Crippen molar-refractivity contribution in [2.24, 2.45) is 5.84 Å². The van der Waals surface area contributed by atoms with Gasteiger partial charge in [-0.15, -0.1) is 22.7 Å². The van der Waals surface area contributed by atoms with Crippen LogP contribution in [0.1, 0.15) is 15.9 Å². The fourth-order valence-corrected chi connectivity index (χ4v) is 2.97. The Balaban J connectivity index is 2.10. The van der Waals surface area contributed by atoms with E-state index in [4.69, 9.17) is 10.6 Å². The topological polar surface area (TPSA) is 60.2 Å². The van der Waals surface area contributed by atoms with E-state index in [2.05, 4.69) is 10.4 Å². The molecule has 2 aromatic rings. The number of thiazole rings is 1. The third-order valence-corrected chi connectivity index (χ3v) is 4.06. The molecule has 86 valence electrons. The minimum Gasteiger partial charge on any atom is -0.496 e. The Hall–Kier alpha value is -0.950. The van der Waals surface area contributed by atoms with Gasteiger partial charge in [-0.1, -0.05) is 0 Å². The van der Waals surface area contributed by atoms with Crippen molar-refractivity contribution < 1.29 is 4.74 Å². The molecule has 1 atom stereocenters. The van der Waals surface area contributed by atoms with E-state index in [-0.39, 0.29) is 6.04 Å². The molecular formula is C10H13N3OS2. The number of rotatable bonds is 5. The van der Waals surface area contributed by atoms with Crippen LogP contribution in [0.3, 0.4) is 0 Å². The van der Waals surface area contributed by atoms with E-state index in [0.717, 1.165) is 22.1 Å². The van der Waals surface area contributed by atoms with Crippen molar-refractivity contribution in [2.45, 2.75) is 12.5 Å². The molecule has 0 aliphatic carbocycles. The number of ether oxygens (including phenoxy) is 1. The Kier molecular flexibility index (Phi) is 3.89. The molecule has 0 spiro atoms. The number of nitrogens with two attached hydrogens (primary N) is 1. The number of methoxy groups -OCH3 is 1. The molecular weight excluding hydrogens is 242 g/mol. The Bertz CT molecular complexity index is 427. The monoisotopic (exact) mass is 255 g/mol. The molecule has 0 bridgehead atoms. The first-order valence-corrected chi connectivity index (χ1v) is 6.56. The molecule has 0 aromatic carbocycles. The van der Waals surface area contributed by atoms with Gasteiger partial charge in [0.25, 0.3) is 0 Å². The number of nitrogens with zero attached hydrogens (tertiary/aromatic N) is 1. The van der Waals surface area contributed by atoms with Crippen LogP contribution in [-0.2, 0) is 6.42 Å². The predicted octanol–water partition coefficient (Wildman–Crippen LogP) is 1.96. The summed E-state index contributed by atoms with van der Waals surface area (Å²) in [6.45, 7) is 0. The van der Waals surface area contributed by atoms with Crippen LogP contribution in [-0.4, -0.2) is 12.1 Å². The zero-order valence-electron chi connectivity index (χ0n) is 8.84. The van der Waals surface area contributed by atoms with Gasteiger partial charge in [0.1, 0.15) is 5.75 Å². The molecule has 0 saturated carbocycles. The standard InChI is InChI=1S/C10H13N3OS2/c1-14-7-4-9(16-6-7)8(13-11)5-10-12-2-3-15-10/h2-4,6,8,13H,5,11H2,1H3. The summed E-state index contributed by atoms with van der Waals surface area (Å²) in [5.74, 6) is 6.44. The molecule has 2 aromatic heterocycles. The van der Waals surface area contributed by atoms with E-state index < -0.39 is 0 Å². The maximum Gasteiger partial charge on any atom is 0.129 e. The van der Waals surface area contributed by atoms with Gasteiger partial charge in [-0.05, 0) is 6.07 Å². The minimum absolute atomic E-state index is 0.0973. The first-order valence-electron chi connectivity index (χ1n) is 4.80. The lowest BCUT2D eigenvalue weighted by molar-refractivity contribution is 0.415. The van der Waals surface area contributed by atoms with Crippen molar-refractivity contribution in [1.82, 2.24) is 10.4 Å². The first-order chi connectivity index (χ1) is 7.83. The molecule has 2 heterocycles. The average Bonchev–Trinajstić information content (AvgIpc) is 2.96. The Morgan fingerprint density at radius 3 is 3.00 bits per heavy atom. The zero-order valence-corrected chi connectivity index (χ0v) is 10.5. The molecule has 0 aliphatic heterocycles. The average molecular weight is 255 g/mol. The molecule has 4 nitrogen and oxygen atoms in total. The molecule has 2 rings (SSSR count). The normalized spacial score (nSPS) is 12.6. The summed E-state index contributed by atoms with van der Waals surface area (Å²) in [4.78, 5) is 5.41. The number of hydrogen-bond acceptors (Lipinski definition) is 6. The van der Waals surface area contributed by atoms with Gasteiger partial charge in [-0.3, -0.25) is 11.3 Å². The van der Waals surface area contributed by atoms with E-state index in [9.17, 15) is 0 Å². The van der Waals surface area contributed by atoms with Crippen LogP contribution in [0.25, 0.3) is 0 Å². The summed E-state index contributed by atoms with van der Waals surface area (Å²) in [5.41, 5.74) is 2.82. The van der Waals surface area contributed by atoms with Crippen molar-refractivity contribution in [3.63, 3.8) is 0 Å². The fraction of sp³-hybridized carbons (Fsp3) is 0.300. The van der Waals surface area contributed by atoms with Gasteiger partial charge in [0.2, 0.25) is 0 Å². The highest BCUT2D eigenvalue weighted by molar-refractivity contribution is 7.10. The van der Waals surface area contributed by atoms with Crippen LogP contribution in [0.2, 0.25) is 0 Å². The van der Waals surface area contributed by atoms with Gasteiger partial charge < -0.3 is 4.74 Å². The van der Waals surface area contributed by atoms with E-state index in [1.807, 2.05) is 23.0 Å². The lowest BCUT2D eigenvalue weighted by Gasteiger charge is -2.11. The van der Waals surface area contributed by atoms with Gasteiger partial charge in [0.05, 0.1) is 18.2 Å². The van der Waals surface area contributed by atoms with Crippen LogP contribution in [0, 0.1) is 0 Å². The molecule has 0 amide bonds. The number of aromatic nitrogens is 1. The fourth-order valence-electron chi connectivity index (χ4n) is 1.39. The van der Waals surface area contributed by atoms with Crippen LogP contribution in [0.4, 0.5) is 0 Å². The second-order valence-corrected chi connectivity index (χ2v) is 5.16. The number of thiophene rings is 1. The summed E-state index contributed by atoms with van der Waals surface area (Å²) in [6.07, 6.45) is 2.61. The highest BCUT2D eigenvalue weighted by Crippen LogP contribution is 2.28. The zero-order chi connectivity index (χ0) is 11.4. The Labute approximate surface area is 102 Å². The molecule has 3 N–H and O–H groups in total.